The summed E-state index contributed by atoms with van der Waals surface area (Å²) in [5, 5.41) is 0. The molecule has 0 aromatic heterocycles. The number of ketones is 1. The van der Waals surface area contributed by atoms with Crippen molar-refractivity contribution in [1.29, 1.82) is 0 Å². The smallest absolute Gasteiger partial charge is 0.306 e. The maximum absolute atomic E-state index is 12.2. The van der Waals surface area contributed by atoms with Crippen LogP contribution in [-0.2, 0) is 14.3 Å². The lowest BCUT2D eigenvalue weighted by atomic mass is 9.42. The molecule has 4 rings (SSSR count). The van der Waals surface area contributed by atoms with Crippen LogP contribution in [0.1, 0.15) is 52.4 Å². The van der Waals surface area contributed by atoms with E-state index in [9.17, 15) is 9.59 Å². The Balaban J connectivity index is 1.79. The van der Waals surface area contributed by atoms with Crippen molar-refractivity contribution in [1.82, 2.24) is 0 Å². The third-order valence-electron chi connectivity index (χ3n) is 7.05. The van der Waals surface area contributed by atoms with E-state index in [1.807, 2.05) is 0 Å². The third kappa shape index (κ3) is 1.68. The molecule has 3 heteroatoms. The van der Waals surface area contributed by atoms with E-state index in [1.54, 1.807) is 6.08 Å². The number of hydrogen-bond acceptors (Lipinski definition) is 3. The summed E-state index contributed by atoms with van der Waals surface area (Å²) in [7, 11) is 0. The summed E-state index contributed by atoms with van der Waals surface area (Å²) in [6, 6.07) is 0. The molecule has 1 spiro atoms. The molecule has 118 valence electrons. The van der Waals surface area contributed by atoms with Crippen molar-refractivity contribution in [3.05, 3.63) is 24.3 Å². The lowest BCUT2D eigenvalue weighted by Crippen LogP contribution is -2.60. The molecule has 4 aliphatic rings. The molecule has 3 fully saturated rings. The second kappa shape index (κ2) is 4.12. The highest BCUT2D eigenvalue weighted by Crippen LogP contribution is 2.67. The van der Waals surface area contributed by atoms with Gasteiger partial charge in [0.25, 0.3) is 0 Å². The molecule has 5 atom stereocenters. The van der Waals surface area contributed by atoms with Crippen LogP contribution in [0.3, 0.4) is 0 Å². The summed E-state index contributed by atoms with van der Waals surface area (Å²) in [5.74, 6) is 0.737. The highest BCUT2D eigenvalue weighted by molar-refractivity contribution is 6.05. The molecule has 0 radical (unpaired) electrons. The Hall–Kier alpha value is -1.38. The molecule has 1 saturated heterocycles. The van der Waals surface area contributed by atoms with Gasteiger partial charge in [0.05, 0.1) is 6.42 Å². The molecular weight excluding hydrogens is 276 g/mol. The van der Waals surface area contributed by atoms with Crippen LogP contribution in [0.4, 0.5) is 0 Å². The SMILES string of the molecule is C=C1C(=O)C=C[C@]2(C)[C@@H]1CC[C@@]13CC(=O)O[C@@](C)(CC[C@H]12)C3. The Morgan fingerprint density at radius 1 is 1.23 bits per heavy atom. The highest BCUT2D eigenvalue weighted by Gasteiger charge is 2.63. The number of ether oxygens (including phenoxy) is 1. The van der Waals surface area contributed by atoms with Gasteiger partial charge >= 0.3 is 5.97 Å². The fourth-order valence-corrected chi connectivity index (χ4v) is 6.21. The summed E-state index contributed by atoms with van der Waals surface area (Å²) in [4.78, 5) is 24.2. The molecule has 1 aliphatic heterocycles. The summed E-state index contributed by atoms with van der Waals surface area (Å²) in [5.41, 5.74) is 0.507. The summed E-state index contributed by atoms with van der Waals surface area (Å²) in [6.07, 6.45) is 9.35. The number of rotatable bonds is 0. The molecule has 0 aromatic rings. The van der Waals surface area contributed by atoms with Gasteiger partial charge in [-0.2, -0.15) is 0 Å². The van der Waals surface area contributed by atoms with Crippen LogP contribution < -0.4 is 0 Å². The highest BCUT2D eigenvalue weighted by atomic mass is 16.6. The van der Waals surface area contributed by atoms with Crippen molar-refractivity contribution in [3.8, 4) is 0 Å². The Morgan fingerprint density at radius 2 is 2.00 bits per heavy atom. The average Bonchev–Trinajstić information content (AvgIpc) is 2.41. The topological polar surface area (TPSA) is 43.4 Å². The molecular formula is C19H24O3. The molecule has 0 unspecified atom stereocenters. The van der Waals surface area contributed by atoms with Gasteiger partial charge in [0.15, 0.2) is 5.78 Å². The predicted octanol–water partition coefficient (Wildman–Crippen LogP) is 3.59. The predicted molar refractivity (Wildman–Crippen MR) is 83.0 cm³/mol. The summed E-state index contributed by atoms with van der Waals surface area (Å²) < 4.78 is 5.67. The molecule has 3 nitrogen and oxygen atoms in total. The molecule has 0 N–H and O–H groups in total. The van der Waals surface area contributed by atoms with Crippen molar-refractivity contribution in [2.45, 2.75) is 58.0 Å². The first-order valence-electron chi connectivity index (χ1n) is 8.42. The average molecular weight is 300 g/mol. The lowest BCUT2D eigenvalue weighted by molar-refractivity contribution is -0.208. The normalized spacial score (nSPS) is 50.2. The minimum absolute atomic E-state index is 0.0322. The standard InChI is InChI=1S/C19H24O3/c1-12-13-4-9-19-10-16(21)22-17(2,11-19)7-6-15(19)18(13,3)8-5-14(12)20/h5,8,13,15H,1,4,6-7,9-11H2,2-3H3/t13-,15+,17+,18-,19+/m1/s1. The minimum atomic E-state index is -0.278. The monoisotopic (exact) mass is 300 g/mol. The van der Waals surface area contributed by atoms with Crippen molar-refractivity contribution < 1.29 is 14.3 Å². The van der Waals surface area contributed by atoms with E-state index < -0.39 is 0 Å². The molecule has 22 heavy (non-hydrogen) atoms. The molecule has 0 aromatic carbocycles. The second-order valence-corrected chi connectivity index (χ2v) is 8.41. The molecule has 0 amide bonds. The van der Waals surface area contributed by atoms with Crippen molar-refractivity contribution in [2.24, 2.45) is 22.7 Å². The molecule has 3 aliphatic carbocycles. The van der Waals surface area contributed by atoms with Gasteiger partial charge in [-0.1, -0.05) is 19.6 Å². The fourth-order valence-electron chi connectivity index (χ4n) is 6.21. The zero-order valence-electron chi connectivity index (χ0n) is 13.5. The second-order valence-electron chi connectivity index (χ2n) is 8.41. The Kier molecular flexibility index (Phi) is 2.67. The van der Waals surface area contributed by atoms with Crippen molar-refractivity contribution in [2.75, 3.05) is 0 Å². The Bertz CT molecular complexity index is 618. The van der Waals surface area contributed by atoms with E-state index >= 15 is 0 Å². The van der Waals surface area contributed by atoms with Crippen LogP contribution in [0.25, 0.3) is 0 Å². The largest absolute Gasteiger partial charge is 0.459 e. The van der Waals surface area contributed by atoms with Gasteiger partial charge in [-0.25, -0.2) is 0 Å². The van der Waals surface area contributed by atoms with E-state index in [1.165, 1.54) is 0 Å². The maximum atomic E-state index is 12.2. The number of fused-ring (bicyclic) bond motifs is 3. The number of esters is 1. The Labute approximate surface area is 131 Å². The van der Waals surface area contributed by atoms with E-state index in [4.69, 9.17) is 4.74 Å². The van der Waals surface area contributed by atoms with Crippen LogP contribution in [-0.4, -0.2) is 17.4 Å². The lowest BCUT2D eigenvalue weighted by Gasteiger charge is -2.63. The first-order valence-corrected chi connectivity index (χ1v) is 8.42. The van der Waals surface area contributed by atoms with Crippen LogP contribution in [0.2, 0.25) is 0 Å². The van der Waals surface area contributed by atoms with Crippen LogP contribution in [0.5, 0.6) is 0 Å². The van der Waals surface area contributed by atoms with Crippen LogP contribution in [0.15, 0.2) is 24.3 Å². The van der Waals surface area contributed by atoms with Gasteiger partial charge in [0.1, 0.15) is 5.60 Å². The summed E-state index contributed by atoms with van der Waals surface area (Å²) in [6.45, 7) is 8.45. The van der Waals surface area contributed by atoms with Gasteiger partial charge in [0, 0.05) is 0 Å². The zero-order chi connectivity index (χ0) is 15.8. The van der Waals surface area contributed by atoms with Crippen LogP contribution in [0, 0.1) is 22.7 Å². The third-order valence-corrected chi connectivity index (χ3v) is 7.05. The first-order chi connectivity index (χ1) is 10.3. The first kappa shape index (κ1) is 14.2. The van der Waals surface area contributed by atoms with Gasteiger partial charge in [-0.15, -0.1) is 0 Å². The number of carbonyl (C=O) groups is 2. The van der Waals surface area contributed by atoms with E-state index in [2.05, 4.69) is 26.5 Å². The van der Waals surface area contributed by atoms with Gasteiger partial charge in [-0.05, 0) is 73.3 Å². The Morgan fingerprint density at radius 3 is 2.77 bits per heavy atom. The van der Waals surface area contributed by atoms with Gasteiger partial charge < -0.3 is 4.74 Å². The number of allylic oxidation sites excluding steroid dienone is 3. The quantitative estimate of drug-likeness (QED) is 0.507. The minimum Gasteiger partial charge on any atom is -0.459 e. The molecule has 2 bridgehead atoms. The fraction of sp³-hybridized carbons (Fsp3) is 0.684. The van der Waals surface area contributed by atoms with Crippen molar-refractivity contribution in [3.63, 3.8) is 0 Å². The number of hydrogen-bond donors (Lipinski definition) is 0. The van der Waals surface area contributed by atoms with E-state index in [0.29, 0.717) is 12.3 Å². The van der Waals surface area contributed by atoms with E-state index in [-0.39, 0.29) is 34.1 Å². The van der Waals surface area contributed by atoms with Crippen molar-refractivity contribution >= 4 is 11.8 Å². The maximum Gasteiger partial charge on any atom is 0.306 e. The zero-order valence-corrected chi connectivity index (χ0v) is 13.5. The molecule has 1 heterocycles. The van der Waals surface area contributed by atoms with Crippen LogP contribution >= 0.6 is 0 Å². The van der Waals surface area contributed by atoms with Gasteiger partial charge in [-0.3, -0.25) is 9.59 Å². The molecule has 2 saturated carbocycles. The summed E-state index contributed by atoms with van der Waals surface area (Å²) >= 11 is 0. The van der Waals surface area contributed by atoms with Gasteiger partial charge in [0.2, 0.25) is 0 Å². The number of carbonyl (C=O) groups excluding carboxylic acids is 2. The van der Waals surface area contributed by atoms with E-state index in [0.717, 1.165) is 37.7 Å².